The second-order valence-electron chi connectivity index (χ2n) is 7.56. The monoisotopic (exact) mass is 410 g/mol. The number of nitrogens with zero attached hydrogens (tertiary/aromatic N) is 4. The van der Waals surface area contributed by atoms with Crippen molar-refractivity contribution in [3.8, 4) is 22.9 Å². The highest BCUT2D eigenvalue weighted by molar-refractivity contribution is 5.60. The first-order chi connectivity index (χ1) is 13.9. The van der Waals surface area contributed by atoms with Crippen molar-refractivity contribution >= 4 is 0 Å². The van der Waals surface area contributed by atoms with Gasteiger partial charge in [0.25, 0.3) is 0 Å². The number of benzene rings is 1. The molecule has 9 heteroatoms. The van der Waals surface area contributed by atoms with Crippen LogP contribution in [0.5, 0.6) is 11.5 Å². The number of hydrogen-bond donors (Lipinski definition) is 0. The van der Waals surface area contributed by atoms with Gasteiger partial charge < -0.3 is 18.9 Å². The van der Waals surface area contributed by atoms with Gasteiger partial charge in [-0.15, -0.1) is 0 Å². The quantitative estimate of drug-likeness (QED) is 0.627. The number of ether oxygens (including phenoxy) is 2. The van der Waals surface area contributed by atoms with Crippen molar-refractivity contribution in [2.45, 2.75) is 33.4 Å². The van der Waals surface area contributed by atoms with Crippen molar-refractivity contribution in [2.75, 3.05) is 39.8 Å². The zero-order chi connectivity index (χ0) is 20.8. The van der Waals surface area contributed by atoms with Crippen LogP contribution in [0.3, 0.4) is 0 Å². The van der Waals surface area contributed by atoms with E-state index in [1.54, 1.807) is 12.1 Å². The van der Waals surface area contributed by atoms with Crippen molar-refractivity contribution in [3.05, 3.63) is 24.1 Å². The summed E-state index contributed by atoms with van der Waals surface area (Å²) >= 11 is 0. The maximum atomic E-state index is 12.5. The van der Waals surface area contributed by atoms with E-state index in [0.29, 0.717) is 23.8 Å². The Labute approximate surface area is 169 Å². The average Bonchev–Trinajstić information content (AvgIpc) is 3.15. The van der Waals surface area contributed by atoms with Crippen molar-refractivity contribution in [3.63, 3.8) is 0 Å². The summed E-state index contributed by atoms with van der Waals surface area (Å²) in [5, 5.41) is 4.01. The van der Waals surface area contributed by atoms with E-state index < -0.39 is 6.61 Å². The number of piperazine rings is 1. The molecule has 0 saturated carbocycles. The van der Waals surface area contributed by atoms with Gasteiger partial charge in [0.2, 0.25) is 11.7 Å². The molecule has 0 amide bonds. The van der Waals surface area contributed by atoms with E-state index in [4.69, 9.17) is 9.26 Å². The second kappa shape index (κ2) is 9.98. The number of halogens is 2. The molecule has 2 aromatic rings. The highest BCUT2D eigenvalue weighted by atomic mass is 19.3. The maximum Gasteiger partial charge on any atom is 0.387 e. The van der Waals surface area contributed by atoms with Crippen molar-refractivity contribution < 1.29 is 22.8 Å². The van der Waals surface area contributed by atoms with Crippen LogP contribution in [-0.4, -0.2) is 66.4 Å². The van der Waals surface area contributed by atoms with Crippen LogP contribution in [0.4, 0.5) is 8.78 Å². The first-order valence-corrected chi connectivity index (χ1v) is 9.85. The number of methoxy groups -OCH3 is 1. The topological polar surface area (TPSA) is 63.9 Å². The predicted octanol–water partition coefficient (Wildman–Crippen LogP) is 3.51. The van der Waals surface area contributed by atoms with Crippen LogP contribution in [0.2, 0.25) is 0 Å². The molecule has 0 radical (unpaired) electrons. The molecule has 1 aromatic heterocycles. The van der Waals surface area contributed by atoms with E-state index in [0.717, 1.165) is 38.6 Å². The molecular formula is C20H28F2N4O3. The van der Waals surface area contributed by atoms with E-state index in [2.05, 4.69) is 38.5 Å². The maximum absolute atomic E-state index is 12.5. The minimum atomic E-state index is -2.92. The summed E-state index contributed by atoms with van der Waals surface area (Å²) in [5.41, 5.74) is 0.608. The summed E-state index contributed by atoms with van der Waals surface area (Å²) in [6.07, 6.45) is 1.22. The Morgan fingerprint density at radius 2 is 1.83 bits per heavy atom. The predicted molar refractivity (Wildman–Crippen MR) is 104 cm³/mol. The lowest BCUT2D eigenvalue weighted by molar-refractivity contribution is -0.0512. The third-order valence-electron chi connectivity index (χ3n) is 4.95. The summed E-state index contributed by atoms with van der Waals surface area (Å²) in [6.45, 7) is 7.31. The molecular weight excluding hydrogens is 382 g/mol. The lowest BCUT2D eigenvalue weighted by Crippen LogP contribution is -2.46. The zero-order valence-corrected chi connectivity index (χ0v) is 17.1. The molecule has 1 saturated heterocycles. The summed E-state index contributed by atoms with van der Waals surface area (Å²) in [5.74, 6) is 1.79. The smallest absolute Gasteiger partial charge is 0.387 e. The van der Waals surface area contributed by atoms with Crippen LogP contribution in [0.1, 0.15) is 26.2 Å². The van der Waals surface area contributed by atoms with Crippen molar-refractivity contribution in [2.24, 2.45) is 5.92 Å². The molecule has 0 aliphatic carbocycles. The van der Waals surface area contributed by atoms with Gasteiger partial charge in [-0.05, 0) is 37.1 Å². The third-order valence-corrected chi connectivity index (χ3v) is 4.95. The molecule has 160 valence electrons. The lowest BCUT2D eigenvalue weighted by Gasteiger charge is -2.34. The number of alkyl halides is 2. The van der Waals surface area contributed by atoms with Crippen LogP contribution in [-0.2, 0) is 6.54 Å². The molecule has 0 spiro atoms. The molecule has 1 aliphatic rings. The normalized spacial score (nSPS) is 16.0. The standard InChI is InChI=1S/C20H28F2N4O3/c1-14(2)6-7-25-8-10-26(11-9-25)13-18-23-19(24-29-18)15-4-5-16(28-20(21)22)17(12-15)27-3/h4-5,12,14,20H,6-11,13H2,1-3H3. The molecule has 0 unspecified atom stereocenters. The molecule has 0 bridgehead atoms. The van der Waals surface area contributed by atoms with Gasteiger partial charge in [-0.25, -0.2) is 0 Å². The second-order valence-corrected chi connectivity index (χ2v) is 7.56. The molecule has 0 N–H and O–H groups in total. The Bertz CT molecular complexity index is 777. The summed E-state index contributed by atoms with van der Waals surface area (Å²) in [6, 6.07) is 4.56. The molecule has 29 heavy (non-hydrogen) atoms. The SMILES string of the molecule is COc1cc(-c2noc(CN3CCN(CCC(C)C)CC3)n2)ccc1OC(F)F. The Morgan fingerprint density at radius 1 is 1.10 bits per heavy atom. The molecule has 1 fully saturated rings. The van der Waals surface area contributed by atoms with Crippen LogP contribution in [0.25, 0.3) is 11.4 Å². The Hall–Kier alpha value is -2.26. The Morgan fingerprint density at radius 3 is 2.48 bits per heavy atom. The van der Waals surface area contributed by atoms with Gasteiger partial charge in [-0.2, -0.15) is 13.8 Å². The van der Waals surface area contributed by atoms with Gasteiger partial charge in [0.15, 0.2) is 11.5 Å². The average molecular weight is 410 g/mol. The number of rotatable bonds is 9. The number of hydrogen-bond acceptors (Lipinski definition) is 7. The Balaban J connectivity index is 1.57. The van der Waals surface area contributed by atoms with Crippen LogP contribution < -0.4 is 9.47 Å². The van der Waals surface area contributed by atoms with Gasteiger partial charge in [-0.1, -0.05) is 19.0 Å². The van der Waals surface area contributed by atoms with Gasteiger partial charge in [0, 0.05) is 31.7 Å². The van der Waals surface area contributed by atoms with E-state index in [-0.39, 0.29) is 11.5 Å². The van der Waals surface area contributed by atoms with Crippen LogP contribution in [0, 0.1) is 5.92 Å². The van der Waals surface area contributed by atoms with Crippen LogP contribution in [0.15, 0.2) is 22.7 Å². The highest BCUT2D eigenvalue weighted by Gasteiger charge is 2.20. The van der Waals surface area contributed by atoms with Crippen LogP contribution >= 0.6 is 0 Å². The minimum Gasteiger partial charge on any atom is -0.493 e. The van der Waals surface area contributed by atoms with Crippen molar-refractivity contribution in [1.82, 2.24) is 19.9 Å². The molecule has 1 aromatic carbocycles. The lowest BCUT2D eigenvalue weighted by atomic mass is 10.1. The fourth-order valence-corrected chi connectivity index (χ4v) is 3.24. The molecule has 0 atom stereocenters. The fraction of sp³-hybridized carbons (Fsp3) is 0.600. The van der Waals surface area contributed by atoms with E-state index in [1.807, 2.05) is 0 Å². The first-order valence-electron chi connectivity index (χ1n) is 9.85. The van der Waals surface area contributed by atoms with Gasteiger partial charge in [-0.3, -0.25) is 4.90 Å². The van der Waals surface area contributed by atoms with E-state index in [9.17, 15) is 8.78 Å². The summed E-state index contributed by atoms with van der Waals surface area (Å²) < 4.78 is 39.9. The zero-order valence-electron chi connectivity index (χ0n) is 17.1. The summed E-state index contributed by atoms with van der Waals surface area (Å²) in [4.78, 5) is 9.23. The Kier molecular flexibility index (Phi) is 7.38. The number of aromatic nitrogens is 2. The minimum absolute atomic E-state index is 0.0368. The largest absolute Gasteiger partial charge is 0.493 e. The van der Waals surface area contributed by atoms with Gasteiger partial charge in [0.05, 0.1) is 13.7 Å². The highest BCUT2D eigenvalue weighted by Crippen LogP contribution is 2.32. The van der Waals surface area contributed by atoms with E-state index in [1.165, 1.54) is 19.6 Å². The third kappa shape index (κ3) is 6.11. The molecule has 3 rings (SSSR count). The molecule has 7 nitrogen and oxygen atoms in total. The fourth-order valence-electron chi connectivity index (χ4n) is 3.24. The van der Waals surface area contributed by atoms with Gasteiger partial charge >= 0.3 is 6.61 Å². The first kappa shape index (κ1) is 21.4. The summed E-state index contributed by atoms with van der Waals surface area (Å²) in [7, 11) is 1.39. The van der Waals surface area contributed by atoms with Crippen molar-refractivity contribution in [1.29, 1.82) is 0 Å². The van der Waals surface area contributed by atoms with E-state index >= 15 is 0 Å². The van der Waals surface area contributed by atoms with Gasteiger partial charge in [0.1, 0.15) is 0 Å². The molecule has 1 aliphatic heterocycles. The molecule has 2 heterocycles.